The van der Waals surface area contributed by atoms with Gasteiger partial charge < -0.3 is 11.1 Å². The van der Waals surface area contributed by atoms with Crippen LogP contribution in [0.25, 0.3) is 0 Å². The molecule has 5 nitrogen and oxygen atoms in total. The summed E-state index contributed by atoms with van der Waals surface area (Å²) in [6.07, 6.45) is 1.39. The summed E-state index contributed by atoms with van der Waals surface area (Å²) in [6.45, 7) is 0.534. The van der Waals surface area contributed by atoms with Crippen LogP contribution >= 0.6 is 11.3 Å². The average Bonchev–Trinajstić information content (AvgIpc) is 2.59. The predicted octanol–water partition coefficient (Wildman–Crippen LogP) is 0.688. The van der Waals surface area contributed by atoms with E-state index >= 15 is 0 Å². The molecule has 0 unspecified atom stereocenters. The Morgan fingerprint density at radius 2 is 2.53 bits per heavy atom. The topological polar surface area (TPSA) is 91.8 Å². The molecule has 1 aromatic heterocycles. The van der Waals surface area contributed by atoms with Crippen LogP contribution in [0, 0.1) is 11.3 Å². The van der Waals surface area contributed by atoms with Crippen molar-refractivity contribution in [3.8, 4) is 6.07 Å². The number of thiazole rings is 1. The van der Waals surface area contributed by atoms with Crippen LogP contribution in [0.2, 0.25) is 0 Å². The minimum absolute atomic E-state index is 0.0850. The molecule has 1 rings (SSSR count). The highest BCUT2D eigenvalue weighted by molar-refractivity contribution is 7.13. The number of nitrogens with zero attached hydrogens (tertiary/aromatic N) is 2. The summed E-state index contributed by atoms with van der Waals surface area (Å²) in [5.74, 6) is -0.0850. The first-order valence-electron chi connectivity index (χ1n) is 4.56. The zero-order valence-corrected chi connectivity index (χ0v) is 9.01. The maximum absolute atomic E-state index is 11.3. The van der Waals surface area contributed by atoms with Crippen LogP contribution in [-0.4, -0.2) is 17.4 Å². The zero-order chi connectivity index (χ0) is 11.1. The van der Waals surface area contributed by atoms with E-state index in [-0.39, 0.29) is 12.3 Å². The molecule has 6 heteroatoms. The number of unbranched alkanes of at least 4 members (excludes halogenated alkanes) is 1. The lowest BCUT2D eigenvalue weighted by atomic mass is 10.3. The smallest absolute Gasteiger partial charge is 0.226 e. The molecular formula is C9H12N4OS. The molecule has 0 radical (unpaired) electrons. The minimum atomic E-state index is -0.0850. The van der Waals surface area contributed by atoms with Gasteiger partial charge in [0.25, 0.3) is 0 Å². The van der Waals surface area contributed by atoms with Gasteiger partial charge in [0.05, 0.1) is 18.2 Å². The Morgan fingerprint density at radius 1 is 1.73 bits per heavy atom. The lowest BCUT2D eigenvalue weighted by Crippen LogP contribution is -2.26. The highest BCUT2D eigenvalue weighted by atomic mass is 32.1. The summed E-state index contributed by atoms with van der Waals surface area (Å²) in [4.78, 5) is 15.3. The number of nitrogens with one attached hydrogen (secondary N) is 1. The molecule has 0 aromatic carbocycles. The fraction of sp³-hybridized carbons (Fsp3) is 0.444. The lowest BCUT2D eigenvalue weighted by Gasteiger charge is -2.01. The molecular weight excluding hydrogens is 212 g/mol. The number of aromatic nitrogens is 1. The third-order valence-corrected chi connectivity index (χ3v) is 2.42. The van der Waals surface area contributed by atoms with Gasteiger partial charge in [-0.1, -0.05) is 0 Å². The maximum Gasteiger partial charge on any atom is 0.226 e. The summed E-state index contributed by atoms with van der Waals surface area (Å²) in [5, 5.41) is 13.2. The number of hydrogen-bond acceptors (Lipinski definition) is 5. The summed E-state index contributed by atoms with van der Waals surface area (Å²) < 4.78 is 0. The van der Waals surface area contributed by atoms with Crippen LogP contribution in [0.4, 0.5) is 5.13 Å². The molecule has 80 valence electrons. The molecule has 1 amide bonds. The fourth-order valence-electron chi connectivity index (χ4n) is 1.03. The Hall–Kier alpha value is -1.61. The number of carbonyl (C=O) groups is 1. The molecule has 0 aliphatic heterocycles. The molecule has 0 bridgehead atoms. The van der Waals surface area contributed by atoms with E-state index in [0.717, 1.165) is 0 Å². The van der Waals surface area contributed by atoms with E-state index in [1.165, 1.54) is 11.3 Å². The second kappa shape index (κ2) is 5.98. The zero-order valence-electron chi connectivity index (χ0n) is 8.19. The first kappa shape index (κ1) is 11.5. The molecule has 0 atom stereocenters. The molecule has 1 heterocycles. The van der Waals surface area contributed by atoms with Gasteiger partial charge in [0.15, 0.2) is 5.13 Å². The van der Waals surface area contributed by atoms with Crippen LogP contribution in [0.15, 0.2) is 5.38 Å². The van der Waals surface area contributed by atoms with E-state index < -0.39 is 0 Å². The van der Waals surface area contributed by atoms with E-state index in [1.54, 1.807) is 5.38 Å². The Bertz CT molecular complexity index is 368. The van der Waals surface area contributed by atoms with E-state index in [9.17, 15) is 4.79 Å². The fourth-order valence-corrected chi connectivity index (χ4v) is 1.59. The van der Waals surface area contributed by atoms with Gasteiger partial charge in [-0.2, -0.15) is 5.26 Å². The third kappa shape index (κ3) is 4.42. The van der Waals surface area contributed by atoms with Crippen molar-refractivity contribution in [1.82, 2.24) is 10.3 Å². The molecule has 3 N–H and O–H groups in total. The number of nitriles is 1. The number of amides is 1. The van der Waals surface area contributed by atoms with Gasteiger partial charge >= 0.3 is 0 Å². The second-order valence-corrected chi connectivity index (χ2v) is 3.86. The van der Waals surface area contributed by atoms with Gasteiger partial charge in [0.1, 0.15) is 0 Å². The second-order valence-electron chi connectivity index (χ2n) is 2.97. The molecule has 0 fully saturated rings. The standard InChI is InChI=1S/C9H12N4OS/c10-3-1-2-4-12-8(14)5-7-6-15-9(11)13-7/h6H,1-2,4-5H2,(H2,11,13)(H,12,14). The first-order chi connectivity index (χ1) is 7.22. The monoisotopic (exact) mass is 224 g/mol. The van der Waals surface area contributed by atoms with Gasteiger partial charge in [-0.25, -0.2) is 4.98 Å². The quantitative estimate of drug-likeness (QED) is 0.720. The van der Waals surface area contributed by atoms with Gasteiger partial charge in [-0.3, -0.25) is 4.79 Å². The van der Waals surface area contributed by atoms with Crippen molar-refractivity contribution in [3.63, 3.8) is 0 Å². The average molecular weight is 224 g/mol. The molecule has 0 aliphatic carbocycles. The molecule has 0 saturated carbocycles. The van der Waals surface area contributed by atoms with Gasteiger partial charge in [-0.15, -0.1) is 11.3 Å². The van der Waals surface area contributed by atoms with Crippen LogP contribution in [0.5, 0.6) is 0 Å². The van der Waals surface area contributed by atoms with Crippen LogP contribution < -0.4 is 11.1 Å². The van der Waals surface area contributed by atoms with Gasteiger partial charge in [-0.05, 0) is 6.42 Å². The summed E-state index contributed by atoms with van der Waals surface area (Å²) in [6, 6.07) is 2.02. The van der Waals surface area contributed by atoms with E-state index in [1.807, 2.05) is 6.07 Å². The van der Waals surface area contributed by atoms with Crippen LogP contribution in [0.3, 0.4) is 0 Å². The van der Waals surface area contributed by atoms with Crippen molar-refractivity contribution in [2.75, 3.05) is 12.3 Å². The SMILES string of the molecule is N#CCCCNC(=O)Cc1csc(N)n1. The van der Waals surface area contributed by atoms with Crippen molar-refractivity contribution >= 4 is 22.4 Å². The molecule has 1 aromatic rings. The Morgan fingerprint density at radius 3 is 3.13 bits per heavy atom. The first-order valence-corrected chi connectivity index (χ1v) is 5.44. The van der Waals surface area contributed by atoms with Crippen LogP contribution in [0.1, 0.15) is 18.5 Å². The van der Waals surface area contributed by atoms with Crippen molar-refractivity contribution < 1.29 is 4.79 Å². The lowest BCUT2D eigenvalue weighted by molar-refractivity contribution is -0.120. The Labute approximate surface area is 91.9 Å². The van der Waals surface area contributed by atoms with Crippen LogP contribution in [-0.2, 0) is 11.2 Å². The molecule has 0 saturated heterocycles. The summed E-state index contributed by atoms with van der Waals surface area (Å²) >= 11 is 1.32. The maximum atomic E-state index is 11.3. The normalized spacial score (nSPS) is 9.53. The highest BCUT2D eigenvalue weighted by Crippen LogP contribution is 2.11. The predicted molar refractivity (Wildman–Crippen MR) is 58.1 cm³/mol. The molecule has 0 aliphatic rings. The number of anilines is 1. The van der Waals surface area contributed by atoms with Gasteiger partial charge in [0, 0.05) is 18.3 Å². The number of nitrogen functional groups attached to an aromatic ring is 1. The Kier molecular flexibility index (Phi) is 4.57. The molecule has 15 heavy (non-hydrogen) atoms. The number of rotatable bonds is 5. The van der Waals surface area contributed by atoms with Crippen molar-refractivity contribution in [3.05, 3.63) is 11.1 Å². The number of carbonyl (C=O) groups excluding carboxylic acids is 1. The minimum Gasteiger partial charge on any atom is -0.375 e. The van der Waals surface area contributed by atoms with E-state index in [0.29, 0.717) is 30.2 Å². The van der Waals surface area contributed by atoms with E-state index in [4.69, 9.17) is 11.0 Å². The van der Waals surface area contributed by atoms with Crippen molar-refractivity contribution in [2.24, 2.45) is 0 Å². The number of hydrogen-bond donors (Lipinski definition) is 2. The van der Waals surface area contributed by atoms with Gasteiger partial charge in [0.2, 0.25) is 5.91 Å². The molecule has 0 spiro atoms. The third-order valence-electron chi connectivity index (χ3n) is 1.70. The summed E-state index contributed by atoms with van der Waals surface area (Å²) in [5.41, 5.74) is 6.12. The van der Waals surface area contributed by atoms with Crippen molar-refractivity contribution in [2.45, 2.75) is 19.3 Å². The largest absolute Gasteiger partial charge is 0.375 e. The number of nitrogens with two attached hydrogens (primary N) is 1. The van der Waals surface area contributed by atoms with E-state index in [2.05, 4.69) is 10.3 Å². The highest BCUT2D eigenvalue weighted by Gasteiger charge is 2.05. The Balaban J connectivity index is 2.22. The summed E-state index contributed by atoms with van der Waals surface area (Å²) in [7, 11) is 0. The van der Waals surface area contributed by atoms with Crippen molar-refractivity contribution in [1.29, 1.82) is 5.26 Å².